The second kappa shape index (κ2) is 5.73. The molecule has 23 heavy (non-hydrogen) atoms. The van der Waals surface area contributed by atoms with E-state index in [-0.39, 0.29) is 11.4 Å². The zero-order valence-electron chi connectivity index (χ0n) is 12.9. The van der Waals surface area contributed by atoms with E-state index in [9.17, 15) is 4.79 Å². The first-order valence-electron chi connectivity index (χ1n) is 8.01. The van der Waals surface area contributed by atoms with Crippen LogP contribution in [0.15, 0.2) is 30.7 Å². The minimum Gasteiger partial charge on any atom is -0.377 e. The maximum atomic E-state index is 12.9. The molecule has 2 aromatic heterocycles. The molecular weight excluding hydrogens is 294 g/mol. The molecule has 0 aromatic carbocycles. The van der Waals surface area contributed by atoms with Gasteiger partial charge < -0.3 is 9.64 Å². The van der Waals surface area contributed by atoms with Gasteiger partial charge in [-0.05, 0) is 25.0 Å². The molecule has 1 saturated heterocycles. The first kappa shape index (κ1) is 14.3. The predicted molar refractivity (Wildman–Crippen MR) is 82.2 cm³/mol. The topological polar surface area (TPSA) is 73.1 Å². The molecule has 2 aliphatic rings. The number of hydrogen-bond acceptors (Lipinski definition) is 5. The van der Waals surface area contributed by atoms with Gasteiger partial charge in [0.15, 0.2) is 5.69 Å². The standard InChI is InChI=1S/C16H19N5O2/c22-15(20-8-9-23-12-16(20)5-1-2-6-16)14-11-21(19-18-14)13-4-3-7-17-10-13/h3-4,7,10-11H,1-2,5-6,8-9,12H2. The first-order valence-corrected chi connectivity index (χ1v) is 8.01. The minimum absolute atomic E-state index is 0.0506. The molecule has 0 radical (unpaired) electrons. The van der Waals surface area contributed by atoms with Gasteiger partial charge >= 0.3 is 0 Å². The number of aromatic nitrogens is 4. The lowest BCUT2D eigenvalue weighted by atomic mass is 9.94. The van der Waals surface area contributed by atoms with Crippen LogP contribution in [0.4, 0.5) is 0 Å². The Bertz CT molecular complexity index is 694. The van der Waals surface area contributed by atoms with E-state index in [1.807, 2.05) is 17.0 Å². The second-order valence-electron chi connectivity index (χ2n) is 6.20. The molecule has 1 aliphatic carbocycles. The first-order chi connectivity index (χ1) is 11.3. The van der Waals surface area contributed by atoms with Gasteiger partial charge in [0.1, 0.15) is 0 Å². The van der Waals surface area contributed by atoms with Crippen molar-refractivity contribution in [3.05, 3.63) is 36.4 Å². The van der Waals surface area contributed by atoms with Gasteiger partial charge in [-0.2, -0.15) is 0 Å². The molecule has 1 saturated carbocycles. The molecule has 0 atom stereocenters. The summed E-state index contributed by atoms with van der Waals surface area (Å²) in [6, 6.07) is 3.71. The van der Waals surface area contributed by atoms with Gasteiger partial charge in [-0.15, -0.1) is 5.10 Å². The monoisotopic (exact) mass is 313 g/mol. The van der Waals surface area contributed by atoms with Gasteiger partial charge in [-0.3, -0.25) is 9.78 Å². The molecular formula is C16H19N5O2. The lowest BCUT2D eigenvalue weighted by Gasteiger charge is -2.44. The predicted octanol–water partition coefficient (Wildman–Crippen LogP) is 1.45. The fourth-order valence-electron chi connectivity index (χ4n) is 3.61. The van der Waals surface area contributed by atoms with E-state index in [0.29, 0.717) is 25.5 Å². The number of pyridine rings is 1. The summed E-state index contributed by atoms with van der Waals surface area (Å²) in [4.78, 5) is 19.0. The third-order valence-electron chi connectivity index (χ3n) is 4.80. The second-order valence-corrected chi connectivity index (χ2v) is 6.20. The lowest BCUT2D eigenvalue weighted by Crippen LogP contribution is -2.57. The molecule has 120 valence electrons. The SMILES string of the molecule is O=C(c1cn(-c2cccnc2)nn1)N1CCOCC12CCCC2. The highest BCUT2D eigenvalue weighted by Crippen LogP contribution is 2.38. The van der Waals surface area contributed by atoms with Gasteiger partial charge in [-0.25, -0.2) is 4.68 Å². The van der Waals surface area contributed by atoms with E-state index in [1.54, 1.807) is 23.3 Å². The van der Waals surface area contributed by atoms with Gasteiger partial charge in [0, 0.05) is 12.7 Å². The van der Waals surface area contributed by atoms with Crippen LogP contribution in [0, 0.1) is 0 Å². The maximum absolute atomic E-state index is 12.9. The molecule has 3 heterocycles. The van der Waals surface area contributed by atoms with Crippen LogP contribution in [0.25, 0.3) is 5.69 Å². The average Bonchev–Trinajstić information content (AvgIpc) is 3.26. The summed E-state index contributed by atoms with van der Waals surface area (Å²) in [5.41, 5.74) is 1.02. The van der Waals surface area contributed by atoms with Crippen LogP contribution in [0.5, 0.6) is 0 Å². The van der Waals surface area contributed by atoms with E-state index in [4.69, 9.17) is 4.74 Å². The van der Waals surface area contributed by atoms with Gasteiger partial charge in [0.05, 0.1) is 36.8 Å². The van der Waals surface area contributed by atoms with Crippen molar-refractivity contribution in [3.8, 4) is 5.69 Å². The summed E-state index contributed by atoms with van der Waals surface area (Å²) in [5.74, 6) is -0.0506. The van der Waals surface area contributed by atoms with Gasteiger partial charge in [0.25, 0.3) is 5.91 Å². The minimum atomic E-state index is -0.145. The third kappa shape index (κ3) is 2.50. The van der Waals surface area contributed by atoms with Crippen molar-refractivity contribution in [1.29, 1.82) is 0 Å². The summed E-state index contributed by atoms with van der Waals surface area (Å²) < 4.78 is 7.24. The van der Waals surface area contributed by atoms with Crippen molar-refractivity contribution < 1.29 is 9.53 Å². The summed E-state index contributed by atoms with van der Waals surface area (Å²) in [6.45, 7) is 1.85. The molecule has 2 fully saturated rings. The summed E-state index contributed by atoms with van der Waals surface area (Å²) in [7, 11) is 0. The quantitative estimate of drug-likeness (QED) is 0.839. The molecule has 1 spiro atoms. The number of rotatable bonds is 2. The van der Waals surface area contributed by atoms with E-state index in [0.717, 1.165) is 31.4 Å². The highest BCUT2D eigenvalue weighted by atomic mass is 16.5. The zero-order chi connectivity index (χ0) is 15.7. The van der Waals surface area contributed by atoms with Gasteiger partial charge in [0.2, 0.25) is 0 Å². The number of hydrogen-bond donors (Lipinski definition) is 0. The Labute approximate surface area is 134 Å². The van der Waals surface area contributed by atoms with Gasteiger partial charge in [-0.1, -0.05) is 18.1 Å². The van der Waals surface area contributed by atoms with Crippen LogP contribution in [0.1, 0.15) is 36.2 Å². The Hall–Kier alpha value is -2.28. The number of nitrogens with zero attached hydrogens (tertiary/aromatic N) is 5. The summed E-state index contributed by atoms with van der Waals surface area (Å²) in [6.07, 6.45) is 9.38. The number of amides is 1. The Morgan fingerprint density at radius 1 is 1.30 bits per heavy atom. The smallest absolute Gasteiger partial charge is 0.276 e. The Morgan fingerprint density at radius 3 is 2.96 bits per heavy atom. The fraction of sp³-hybridized carbons (Fsp3) is 0.500. The normalized spacial score (nSPS) is 20.1. The van der Waals surface area contributed by atoms with Crippen molar-refractivity contribution >= 4 is 5.91 Å². The highest BCUT2D eigenvalue weighted by Gasteiger charge is 2.45. The van der Waals surface area contributed by atoms with Crippen LogP contribution in [0.3, 0.4) is 0 Å². The van der Waals surface area contributed by atoms with Crippen LogP contribution < -0.4 is 0 Å². The highest BCUT2D eigenvalue weighted by molar-refractivity contribution is 5.92. The van der Waals surface area contributed by atoms with Crippen LogP contribution in [0.2, 0.25) is 0 Å². The average molecular weight is 313 g/mol. The van der Waals surface area contributed by atoms with Crippen molar-refractivity contribution in [2.45, 2.75) is 31.2 Å². The molecule has 7 nitrogen and oxygen atoms in total. The van der Waals surface area contributed by atoms with Crippen molar-refractivity contribution in [3.63, 3.8) is 0 Å². The van der Waals surface area contributed by atoms with Crippen LogP contribution in [-0.2, 0) is 4.74 Å². The zero-order valence-corrected chi connectivity index (χ0v) is 12.9. The number of ether oxygens (including phenoxy) is 1. The number of morpholine rings is 1. The summed E-state index contributed by atoms with van der Waals surface area (Å²) >= 11 is 0. The lowest BCUT2D eigenvalue weighted by molar-refractivity contribution is -0.0504. The molecule has 1 amide bonds. The summed E-state index contributed by atoms with van der Waals surface area (Å²) in [5, 5.41) is 8.14. The molecule has 7 heteroatoms. The molecule has 0 unspecified atom stereocenters. The van der Waals surface area contributed by atoms with Crippen molar-refractivity contribution in [2.75, 3.05) is 19.8 Å². The third-order valence-corrected chi connectivity index (χ3v) is 4.80. The van der Waals surface area contributed by atoms with Crippen molar-refractivity contribution in [2.24, 2.45) is 0 Å². The van der Waals surface area contributed by atoms with Crippen molar-refractivity contribution in [1.82, 2.24) is 24.9 Å². The molecule has 0 N–H and O–H groups in total. The van der Waals surface area contributed by atoms with E-state index in [1.165, 1.54) is 0 Å². The molecule has 0 bridgehead atoms. The Morgan fingerprint density at radius 2 is 2.17 bits per heavy atom. The Kier molecular flexibility index (Phi) is 3.57. The molecule has 2 aromatic rings. The number of carbonyl (C=O) groups is 1. The maximum Gasteiger partial charge on any atom is 0.276 e. The largest absolute Gasteiger partial charge is 0.377 e. The Balaban J connectivity index is 1.60. The van der Waals surface area contributed by atoms with Crippen LogP contribution in [-0.4, -0.2) is 56.1 Å². The molecule has 1 aliphatic heterocycles. The van der Waals surface area contributed by atoms with E-state index in [2.05, 4.69) is 15.3 Å². The van der Waals surface area contributed by atoms with Crippen LogP contribution >= 0.6 is 0 Å². The fourth-order valence-corrected chi connectivity index (χ4v) is 3.61. The van der Waals surface area contributed by atoms with E-state index >= 15 is 0 Å². The van der Waals surface area contributed by atoms with E-state index < -0.39 is 0 Å². The number of carbonyl (C=O) groups excluding carboxylic acids is 1. The molecule has 4 rings (SSSR count).